The molecule has 0 saturated carbocycles. The highest BCUT2D eigenvalue weighted by Crippen LogP contribution is 2.39. The average molecular weight is 334 g/mol. The molecule has 3 nitrogen and oxygen atoms in total. The summed E-state index contributed by atoms with van der Waals surface area (Å²) in [6, 6.07) is 12.7. The lowest BCUT2D eigenvalue weighted by molar-refractivity contribution is 0.415. The van der Waals surface area contributed by atoms with Crippen molar-refractivity contribution in [1.82, 2.24) is 4.98 Å². The van der Waals surface area contributed by atoms with E-state index in [4.69, 9.17) is 9.72 Å². The van der Waals surface area contributed by atoms with Crippen molar-refractivity contribution in [3.8, 4) is 17.0 Å². The van der Waals surface area contributed by atoms with E-state index in [9.17, 15) is 0 Å². The van der Waals surface area contributed by atoms with Gasteiger partial charge in [0.1, 0.15) is 5.75 Å². The van der Waals surface area contributed by atoms with Crippen LogP contribution in [0.3, 0.4) is 0 Å². The molecule has 3 aromatic rings. The standard InChI is InChI=1S/C22H26N2O/c1-6-11-23-21-16(4)24-22(18-10-8-7-9-17(18)21)20-15(3)12-14(2)13-19(20)25-5/h7-10,12-13,23H,6,11H2,1-5H3. The van der Waals surface area contributed by atoms with Crippen LogP contribution in [0, 0.1) is 20.8 Å². The van der Waals surface area contributed by atoms with E-state index >= 15 is 0 Å². The summed E-state index contributed by atoms with van der Waals surface area (Å²) in [6.45, 7) is 9.41. The number of ether oxygens (including phenoxy) is 1. The van der Waals surface area contributed by atoms with Crippen molar-refractivity contribution in [2.45, 2.75) is 34.1 Å². The predicted molar refractivity (Wildman–Crippen MR) is 107 cm³/mol. The number of pyridine rings is 1. The molecule has 0 aliphatic carbocycles. The summed E-state index contributed by atoms with van der Waals surface area (Å²) in [6.07, 6.45) is 1.08. The van der Waals surface area contributed by atoms with Crippen LogP contribution in [0.1, 0.15) is 30.2 Å². The number of nitrogens with one attached hydrogen (secondary N) is 1. The summed E-state index contributed by atoms with van der Waals surface area (Å²) >= 11 is 0. The Balaban J connectivity index is 2.33. The van der Waals surface area contributed by atoms with Crippen LogP contribution in [0.15, 0.2) is 36.4 Å². The second-order valence-electron chi connectivity index (χ2n) is 6.55. The Kier molecular flexibility index (Phi) is 4.93. The van der Waals surface area contributed by atoms with Crippen molar-refractivity contribution in [2.24, 2.45) is 0 Å². The highest BCUT2D eigenvalue weighted by atomic mass is 16.5. The van der Waals surface area contributed by atoms with E-state index in [0.29, 0.717) is 0 Å². The molecular formula is C22H26N2O. The van der Waals surface area contributed by atoms with E-state index in [2.05, 4.69) is 69.4 Å². The summed E-state index contributed by atoms with van der Waals surface area (Å²) < 4.78 is 5.69. The number of anilines is 1. The van der Waals surface area contributed by atoms with Crippen LogP contribution in [0.4, 0.5) is 5.69 Å². The van der Waals surface area contributed by atoms with Crippen LogP contribution in [0.2, 0.25) is 0 Å². The van der Waals surface area contributed by atoms with E-state index in [1.54, 1.807) is 7.11 Å². The molecule has 0 saturated heterocycles. The fourth-order valence-corrected chi connectivity index (χ4v) is 3.44. The molecule has 0 atom stereocenters. The molecule has 0 unspecified atom stereocenters. The van der Waals surface area contributed by atoms with Gasteiger partial charge in [-0.15, -0.1) is 0 Å². The minimum atomic E-state index is 0.879. The average Bonchev–Trinajstić information content (AvgIpc) is 2.60. The first-order valence-electron chi connectivity index (χ1n) is 8.85. The molecule has 0 radical (unpaired) electrons. The van der Waals surface area contributed by atoms with Crippen LogP contribution >= 0.6 is 0 Å². The highest BCUT2D eigenvalue weighted by molar-refractivity contribution is 6.03. The molecule has 1 heterocycles. The number of benzene rings is 2. The topological polar surface area (TPSA) is 34.2 Å². The van der Waals surface area contributed by atoms with Gasteiger partial charge < -0.3 is 10.1 Å². The number of aromatic nitrogens is 1. The van der Waals surface area contributed by atoms with Crippen molar-refractivity contribution >= 4 is 16.5 Å². The van der Waals surface area contributed by atoms with E-state index in [1.165, 1.54) is 16.5 Å². The summed E-state index contributed by atoms with van der Waals surface area (Å²) in [7, 11) is 1.73. The number of aryl methyl sites for hydroxylation is 3. The zero-order chi connectivity index (χ0) is 18.0. The maximum absolute atomic E-state index is 5.69. The van der Waals surface area contributed by atoms with Crippen LogP contribution in [-0.2, 0) is 0 Å². The van der Waals surface area contributed by atoms with Gasteiger partial charge in [-0.2, -0.15) is 0 Å². The maximum atomic E-state index is 5.69. The second-order valence-corrected chi connectivity index (χ2v) is 6.55. The molecule has 0 spiro atoms. The maximum Gasteiger partial charge on any atom is 0.128 e. The highest BCUT2D eigenvalue weighted by Gasteiger charge is 2.17. The summed E-state index contributed by atoms with van der Waals surface area (Å²) in [5.74, 6) is 0.879. The molecule has 0 aliphatic rings. The zero-order valence-corrected chi connectivity index (χ0v) is 15.7. The number of hydrogen-bond acceptors (Lipinski definition) is 3. The minimum Gasteiger partial charge on any atom is -0.496 e. The van der Waals surface area contributed by atoms with E-state index in [-0.39, 0.29) is 0 Å². The Bertz CT molecular complexity index is 916. The van der Waals surface area contributed by atoms with Crippen LogP contribution in [-0.4, -0.2) is 18.6 Å². The van der Waals surface area contributed by atoms with Gasteiger partial charge in [0.2, 0.25) is 0 Å². The third kappa shape index (κ3) is 3.19. The van der Waals surface area contributed by atoms with Crippen molar-refractivity contribution in [2.75, 3.05) is 19.0 Å². The summed E-state index contributed by atoms with van der Waals surface area (Å²) in [5, 5.41) is 5.90. The SMILES string of the molecule is CCCNc1c(C)nc(-c2c(C)cc(C)cc2OC)c2ccccc12. The van der Waals surface area contributed by atoms with Gasteiger partial charge in [0.05, 0.1) is 24.2 Å². The van der Waals surface area contributed by atoms with Gasteiger partial charge in [-0.3, -0.25) is 4.98 Å². The second kappa shape index (κ2) is 7.14. The summed E-state index contributed by atoms with van der Waals surface area (Å²) in [5.41, 5.74) is 6.59. The number of nitrogens with zero attached hydrogens (tertiary/aromatic N) is 1. The molecule has 3 heteroatoms. The van der Waals surface area contributed by atoms with Gasteiger partial charge in [-0.1, -0.05) is 37.3 Å². The first-order chi connectivity index (χ1) is 12.1. The molecule has 0 aliphatic heterocycles. The fraction of sp³-hybridized carbons (Fsp3) is 0.318. The first-order valence-corrected chi connectivity index (χ1v) is 8.85. The van der Waals surface area contributed by atoms with E-state index < -0.39 is 0 Å². The largest absolute Gasteiger partial charge is 0.496 e. The number of hydrogen-bond donors (Lipinski definition) is 1. The molecule has 130 valence electrons. The smallest absolute Gasteiger partial charge is 0.128 e. The Labute approximate surface area is 150 Å². The van der Waals surface area contributed by atoms with Crippen molar-refractivity contribution in [3.63, 3.8) is 0 Å². The van der Waals surface area contributed by atoms with Gasteiger partial charge in [0.15, 0.2) is 0 Å². The van der Waals surface area contributed by atoms with Gasteiger partial charge in [-0.05, 0) is 44.4 Å². The third-order valence-electron chi connectivity index (χ3n) is 4.55. The lowest BCUT2D eigenvalue weighted by atomic mass is 9.96. The van der Waals surface area contributed by atoms with Gasteiger partial charge >= 0.3 is 0 Å². The number of methoxy groups -OCH3 is 1. The molecule has 0 bridgehead atoms. The molecule has 3 rings (SSSR count). The van der Waals surface area contributed by atoms with Crippen molar-refractivity contribution in [3.05, 3.63) is 53.2 Å². The van der Waals surface area contributed by atoms with Crippen LogP contribution < -0.4 is 10.1 Å². The van der Waals surface area contributed by atoms with Crippen LogP contribution in [0.5, 0.6) is 5.75 Å². The Morgan fingerprint density at radius 3 is 2.44 bits per heavy atom. The zero-order valence-electron chi connectivity index (χ0n) is 15.7. The Morgan fingerprint density at radius 1 is 1.04 bits per heavy atom. The summed E-state index contributed by atoms with van der Waals surface area (Å²) in [4.78, 5) is 4.98. The van der Waals surface area contributed by atoms with Gasteiger partial charge in [-0.25, -0.2) is 0 Å². The molecule has 1 N–H and O–H groups in total. The fourth-order valence-electron chi connectivity index (χ4n) is 3.44. The quantitative estimate of drug-likeness (QED) is 0.654. The molecular weight excluding hydrogens is 308 g/mol. The molecule has 1 aromatic heterocycles. The lowest BCUT2D eigenvalue weighted by Crippen LogP contribution is -2.05. The molecule has 25 heavy (non-hydrogen) atoms. The van der Waals surface area contributed by atoms with Gasteiger partial charge in [0, 0.05) is 22.9 Å². The van der Waals surface area contributed by atoms with Crippen LogP contribution in [0.25, 0.3) is 22.0 Å². The normalized spacial score (nSPS) is 10.9. The van der Waals surface area contributed by atoms with E-state index in [0.717, 1.165) is 46.7 Å². The van der Waals surface area contributed by atoms with Crippen molar-refractivity contribution < 1.29 is 4.74 Å². The van der Waals surface area contributed by atoms with E-state index in [1.807, 2.05) is 0 Å². The monoisotopic (exact) mass is 334 g/mol. The van der Waals surface area contributed by atoms with Crippen molar-refractivity contribution in [1.29, 1.82) is 0 Å². The first kappa shape index (κ1) is 17.3. The molecule has 0 amide bonds. The number of fused-ring (bicyclic) bond motifs is 1. The minimum absolute atomic E-state index is 0.879. The molecule has 0 fully saturated rings. The third-order valence-corrected chi connectivity index (χ3v) is 4.55. The van der Waals surface area contributed by atoms with Gasteiger partial charge in [0.25, 0.3) is 0 Å². The molecule has 2 aromatic carbocycles. The lowest BCUT2D eigenvalue weighted by Gasteiger charge is -2.18. The Morgan fingerprint density at radius 2 is 1.76 bits per heavy atom. The predicted octanol–water partition coefficient (Wildman–Crippen LogP) is 5.66. The number of rotatable bonds is 5. The Hall–Kier alpha value is -2.55.